The van der Waals surface area contributed by atoms with Crippen molar-refractivity contribution < 1.29 is 9.56 Å². The minimum absolute atomic E-state index is 0. The van der Waals surface area contributed by atoms with Crippen LogP contribution in [0.25, 0.3) is 0 Å². The summed E-state index contributed by atoms with van der Waals surface area (Å²) in [5.41, 5.74) is 0. The molecule has 2 nitrogen and oxygen atoms in total. The molecule has 0 bridgehead atoms. The maximum absolute atomic E-state index is 4.80. The van der Waals surface area contributed by atoms with E-state index in [9.17, 15) is 0 Å². The third-order valence-corrected chi connectivity index (χ3v) is 1.92. The summed E-state index contributed by atoms with van der Waals surface area (Å²) < 4.78 is 4.80. The minimum atomic E-state index is 0. The molecular weight excluding hydrogens is 146 g/mol. The van der Waals surface area contributed by atoms with Crippen LogP contribution in [0.15, 0.2) is 0 Å². The Morgan fingerprint density at radius 3 is 2.89 bits per heavy atom. The fourth-order valence-electron chi connectivity index (χ4n) is 0.660. The van der Waals surface area contributed by atoms with Gasteiger partial charge in [0.25, 0.3) is 0 Å². The molecule has 9 heavy (non-hydrogen) atoms. The predicted octanol–water partition coefficient (Wildman–Crippen LogP) is 1.06. The van der Waals surface area contributed by atoms with Crippen LogP contribution >= 0.6 is 8.81 Å². The molecule has 0 aliphatic carbocycles. The molecule has 0 spiro atoms. The molecular formula is C5H12NaO2P. The first-order valence-corrected chi connectivity index (χ1v) is 4.13. The molecule has 0 radical (unpaired) electrons. The summed E-state index contributed by atoms with van der Waals surface area (Å²) in [5.74, 6) is 0. The third kappa shape index (κ3) is 5.78. The van der Waals surface area contributed by atoms with Crippen LogP contribution in [0.1, 0.15) is 19.3 Å². The van der Waals surface area contributed by atoms with Crippen molar-refractivity contribution in [2.75, 3.05) is 12.8 Å². The molecule has 1 aliphatic rings. The predicted molar refractivity (Wildman–Crippen MR) is 41.2 cm³/mol. The zero-order valence-electron chi connectivity index (χ0n) is 4.85. The first-order valence-electron chi connectivity index (χ1n) is 3.01. The maximum atomic E-state index is 4.80. The Labute approximate surface area is 79.8 Å². The standard InChI is InChI=1S/C5H11O2P.Na.H/c1-2-4-6-7-8-5-3-1;;/h8H,1-5H2;;. The Morgan fingerprint density at radius 1 is 1.11 bits per heavy atom. The van der Waals surface area contributed by atoms with Crippen molar-refractivity contribution in [1.29, 1.82) is 0 Å². The van der Waals surface area contributed by atoms with E-state index in [0.29, 0.717) is 8.81 Å². The van der Waals surface area contributed by atoms with Gasteiger partial charge >= 0.3 is 29.6 Å². The molecule has 1 aliphatic heterocycles. The van der Waals surface area contributed by atoms with Gasteiger partial charge in [-0.2, -0.15) is 0 Å². The summed E-state index contributed by atoms with van der Waals surface area (Å²) in [4.78, 5) is 4.79. The van der Waals surface area contributed by atoms with Crippen molar-refractivity contribution in [3.63, 3.8) is 0 Å². The molecule has 0 amide bonds. The van der Waals surface area contributed by atoms with Crippen molar-refractivity contribution in [3.05, 3.63) is 0 Å². The topological polar surface area (TPSA) is 18.5 Å². The van der Waals surface area contributed by atoms with Crippen LogP contribution in [-0.4, -0.2) is 42.3 Å². The van der Waals surface area contributed by atoms with Crippen molar-refractivity contribution in [2.45, 2.75) is 19.3 Å². The molecule has 0 aromatic heterocycles. The Kier molecular flexibility index (Phi) is 8.58. The summed E-state index contributed by atoms with van der Waals surface area (Å²) in [6.45, 7) is 0.785. The molecule has 0 saturated carbocycles. The fourth-order valence-corrected chi connectivity index (χ4v) is 1.30. The molecule has 1 heterocycles. The van der Waals surface area contributed by atoms with Crippen LogP contribution in [0, 0.1) is 0 Å². The monoisotopic (exact) mass is 158 g/mol. The molecule has 1 fully saturated rings. The van der Waals surface area contributed by atoms with Crippen LogP contribution in [0.2, 0.25) is 0 Å². The second-order valence-corrected chi connectivity index (χ2v) is 2.82. The summed E-state index contributed by atoms with van der Waals surface area (Å²) in [6.07, 6.45) is 4.95. The van der Waals surface area contributed by atoms with Gasteiger partial charge in [0.15, 0.2) is 0 Å². The second kappa shape index (κ2) is 7.46. The fraction of sp³-hybridized carbons (Fsp3) is 1.00. The van der Waals surface area contributed by atoms with Crippen molar-refractivity contribution in [2.24, 2.45) is 0 Å². The molecule has 0 aromatic carbocycles. The Bertz CT molecular complexity index is 38.9. The van der Waals surface area contributed by atoms with Gasteiger partial charge in [0.1, 0.15) is 0 Å². The molecule has 1 saturated heterocycles. The Morgan fingerprint density at radius 2 is 2.00 bits per heavy atom. The summed E-state index contributed by atoms with van der Waals surface area (Å²) in [5, 5.41) is 0. The molecule has 1 atom stereocenters. The number of rotatable bonds is 0. The zero-order chi connectivity index (χ0) is 5.66. The van der Waals surface area contributed by atoms with Crippen LogP contribution in [0.4, 0.5) is 0 Å². The summed E-state index contributed by atoms with van der Waals surface area (Å²) in [6, 6.07) is 0. The van der Waals surface area contributed by atoms with Gasteiger partial charge < -0.3 is 0 Å². The quantitative estimate of drug-likeness (QED) is 0.298. The van der Waals surface area contributed by atoms with Gasteiger partial charge in [-0.05, 0) is 19.0 Å². The van der Waals surface area contributed by atoms with E-state index in [2.05, 4.69) is 0 Å². The van der Waals surface area contributed by atoms with E-state index < -0.39 is 0 Å². The van der Waals surface area contributed by atoms with E-state index in [0.717, 1.165) is 13.0 Å². The van der Waals surface area contributed by atoms with Crippen LogP contribution in [0.5, 0.6) is 0 Å². The van der Waals surface area contributed by atoms with Crippen molar-refractivity contribution in [3.8, 4) is 0 Å². The average molecular weight is 158 g/mol. The van der Waals surface area contributed by atoms with Gasteiger partial charge in [-0.1, -0.05) is 6.42 Å². The van der Waals surface area contributed by atoms with Crippen LogP contribution in [0.3, 0.4) is 0 Å². The van der Waals surface area contributed by atoms with Gasteiger partial charge in [-0.25, -0.2) is 9.56 Å². The number of hydrogen-bond donors (Lipinski definition) is 0. The third-order valence-electron chi connectivity index (χ3n) is 1.12. The van der Waals surface area contributed by atoms with Gasteiger partial charge in [-0.3, -0.25) is 0 Å². The molecule has 0 aromatic rings. The zero-order valence-corrected chi connectivity index (χ0v) is 5.85. The Balaban J connectivity index is 0.000000640. The van der Waals surface area contributed by atoms with E-state index >= 15 is 0 Å². The molecule has 1 rings (SSSR count). The first kappa shape index (κ1) is 10.3. The van der Waals surface area contributed by atoms with Gasteiger partial charge in [-0.15, -0.1) is 0 Å². The van der Waals surface area contributed by atoms with Gasteiger partial charge in [0.2, 0.25) is 0 Å². The van der Waals surface area contributed by atoms with Gasteiger partial charge in [0.05, 0.1) is 15.4 Å². The van der Waals surface area contributed by atoms with E-state index in [4.69, 9.17) is 9.56 Å². The molecule has 50 valence electrons. The number of hydrogen-bond acceptors (Lipinski definition) is 2. The molecule has 4 heteroatoms. The van der Waals surface area contributed by atoms with Crippen molar-refractivity contribution in [1.82, 2.24) is 0 Å². The van der Waals surface area contributed by atoms with Crippen LogP contribution in [-0.2, 0) is 9.56 Å². The van der Waals surface area contributed by atoms with E-state index in [1.54, 1.807) is 0 Å². The SMILES string of the molecule is C1CCOOPCC1.[NaH]. The molecule has 0 N–H and O–H groups in total. The van der Waals surface area contributed by atoms with Crippen LogP contribution < -0.4 is 0 Å². The van der Waals surface area contributed by atoms with E-state index in [1.807, 2.05) is 0 Å². The summed E-state index contributed by atoms with van der Waals surface area (Å²) >= 11 is 0. The normalized spacial score (nSPS) is 24.0. The first-order chi connectivity index (χ1) is 4.00. The van der Waals surface area contributed by atoms with Crippen molar-refractivity contribution >= 4 is 38.4 Å². The van der Waals surface area contributed by atoms with E-state index in [1.165, 1.54) is 19.0 Å². The Hall–Kier alpha value is 1.35. The molecule has 1 unspecified atom stereocenters. The second-order valence-electron chi connectivity index (χ2n) is 1.86. The summed E-state index contributed by atoms with van der Waals surface area (Å²) in [7, 11) is 0.568. The van der Waals surface area contributed by atoms with Gasteiger partial charge in [0, 0.05) is 0 Å². The average Bonchev–Trinajstić information content (AvgIpc) is 1.62. The van der Waals surface area contributed by atoms with E-state index in [-0.39, 0.29) is 29.6 Å².